The summed E-state index contributed by atoms with van der Waals surface area (Å²) in [5.74, 6) is -0.215. The Morgan fingerprint density at radius 1 is 1.22 bits per heavy atom. The minimum absolute atomic E-state index is 0.215. The van der Waals surface area contributed by atoms with Gasteiger partial charge in [0.2, 0.25) is 0 Å². The minimum atomic E-state index is -0.566. The van der Waals surface area contributed by atoms with Crippen LogP contribution in [0.1, 0.15) is 34.8 Å². The monoisotopic (exact) mass is 308 g/mol. The Bertz CT molecular complexity index is 701. The largest absolute Gasteiger partial charge is 0.372 e. The maximum Gasteiger partial charge on any atom is 0.251 e. The summed E-state index contributed by atoms with van der Waals surface area (Å²) in [6.45, 7) is 2.39. The summed E-state index contributed by atoms with van der Waals surface area (Å²) in [5, 5.41) is 11.8. The van der Waals surface area contributed by atoms with E-state index in [1.807, 2.05) is 43.3 Å². The van der Waals surface area contributed by atoms with Gasteiger partial charge in [-0.3, -0.25) is 4.79 Å². The van der Waals surface area contributed by atoms with Crippen LogP contribution < -0.4 is 5.32 Å². The molecule has 4 heteroatoms. The van der Waals surface area contributed by atoms with Crippen LogP contribution in [0.15, 0.2) is 54.6 Å². The van der Waals surface area contributed by atoms with Crippen molar-refractivity contribution in [1.29, 1.82) is 5.26 Å². The van der Waals surface area contributed by atoms with E-state index in [1.165, 1.54) is 0 Å². The number of ether oxygens (including phenoxy) is 1. The van der Waals surface area contributed by atoms with Crippen LogP contribution in [0, 0.1) is 11.3 Å². The Kier molecular flexibility index (Phi) is 5.51. The number of nitrogens with zero attached hydrogens (tertiary/aromatic N) is 1. The molecular formula is C19H20N2O2. The first-order valence-electron chi connectivity index (χ1n) is 7.54. The Labute approximate surface area is 136 Å². The van der Waals surface area contributed by atoms with Crippen LogP contribution in [0.25, 0.3) is 0 Å². The fourth-order valence-electron chi connectivity index (χ4n) is 2.56. The van der Waals surface area contributed by atoms with Crippen molar-refractivity contribution in [3.05, 3.63) is 71.3 Å². The topological polar surface area (TPSA) is 62.1 Å². The summed E-state index contributed by atoms with van der Waals surface area (Å²) in [5.41, 5.74) is 1.40. The lowest BCUT2D eigenvalue weighted by Gasteiger charge is -2.32. The van der Waals surface area contributed by atoms with Gasteiger partial charge in [-0.05, 0) is 30.2 Å². The molecule has 0 bridgehead atoms. The van der Waals surface area contributed by atoms with E-state index in [0.717, 1.165) is 12.0 Å². The molecule has 0 heterocycles. The molecule has 1 unspecified atom stereocenters. The number of amides is 1. The molecule has 2 aromatic carbocycles. The fraction of sp³-hybridized carbons (Fsp3) is 0.263. The number of hydrogen-bond acceptors (Lipinski definition) is 3. The van der Waals surface area contributed by atoms with Gasteiger partial charge in [0.05, 0.1) is 18.2 Å². The standard InChI is InChI=1S/C19H20N2O2/c1-3-19(23-2,17-10-5-4-6-11-17)14-21-18(22)16-9-7-8-15(12-16)13-20/h4-12H,3,14H2,1-2H3,(H,21,22). The highest BCUT2D eigenvalue weighted by Crippen LogP contribution is 2.28. The molecule has 0 saturated heterocycles. The van der Waals surface area contributed by atoms with E-state index in [1.54, 1.807) is 31.4 Å². The van der Waals surface area contributed by atoms with Gasteiger partial charge < -0.3 is 10.1 Å². The summed E-state index contributed by atoms with van der Waals surface area (Å²) in [6, 6.07) is 18.5. The lowest BCUT2D eigenvalue weighted by Crippen LogP contribution is -2.41. The molecule has 2 aromatic rings. The average Bonchev–Trinajstić information content (AvgIpc) is 2.63. The van der Waals surface area contributed by atoms with Gasteiger partial charge in [0.25, 0.3) is 5.91 Å². The van der Waals surface area contributed by atoms with Crippen LogP contribution >= 0.6 is 0 Å². The van der Waals surface area contributed by atoms with Crippen molar-refractivity contribution in [1.82, 2.24) is 5.32 Å². The predicted octanol–water partition coefficient (Wildman–Crippen LogP) is 3.24. The second kappa shape index (κ2) is 7.57. The zero-order chi connectivity index (χ0) is 16.7. The summed E-state index contributed by atoms with van der Waals surface area (Å²) in [4.78, 5) is 12.3. The lowest BCUT2D eigenvalue weighted by molar-refractivity contribution is -0.0164. The van der Waals surface area contributed by atoms with Gasteiger partial charge in [-0.25, -0.2) is 0 Å². The molecule has 2 rings (SSSR count). The summed E-state index contributed by atoms with van der Waals surface area (Å²) in [7, 11) is 1.65. The number of carbonyl (C=O) groups excluding carboxylic acids is 1. The Hall–Kier alpha value is -2.64. The molecule has 0 radical (unpaired) electrons. The van der Waals surface area contributed by atoms with Gasteiger partial charge >= 0.3 is 0 Å². The molecule has 1 N–H and O–H groups in total. The number of carbonyl (C=O) groups is 1. The van der Waals surface area contributed by atoms with E-state index in [-0.39, 0.29) is 5.91 Å². The molecule has 1 amide bonds. The number of rotatable bonds is 6. The smallest absolute Gasteiger partial charge is 0.251 e. The number of nitriles is 1. The molecule has 0 aliphatic carbocycles. The van der Waals surface area contributed by atoms with E-state index >= 15 is 0 Å². The first-order valence-corrected chi connectivity index (χ1v) is 7.54. The molecule has 0 saturated carbocycles. The zero-order valence-corrected chi connectivity index (χ0v) is 13.4. The lowest BCUT2D eigenvalue weighted by atomic mass is 9.90. The fourth-order valence-corrected chi connectivity index (χ4v) is 2.56. The highest BCUT2D eigenvalue weighted by molar-refractivity contribution is 5.94. The van der Waals surface area contributed by atoms with E-state index < -0.39 is 5.60 Å². The van der Waals surface area contributed by atoms with Crippen LogP contribution in [0.5, 0.6) is 0 Å². The first kappa shape index (κ1) is 16.7. The molecule has 1 atom stereocenters. The van der Waals surface area contributed by atoms with Crippen LogP contribution in [0.3, 0.4) is 0 Å². The Morgan fingerprint density at radius 3 is 2.57 bits per heavy atom. The van der Waals surface area contributed by atoms with Gasteiger partial charge in [-0.1, -0.05) is 43.3 Å². The van der Waals surface area contributed by atoms with Crippen molar-refractivity contribution >= 4 is 5.91 Å². The quantitative estimate of drug-likeness (QED) is 0.891. The highest BCUT2D eigenvalue weighted by atomic mass is 16.5. The summed E-state index contributed by atoms with van der Waals surface area (Å²) in [6.07, 6.45) is 0.728. The second-order valence-corrected chi connectivity index (χ2v) is 5.29. The van der Waals surface area contributed by atoms with Crippen molar-refractivity contribution in [2.24, 2.45) is 0 Å². The van der Waals surface area contributed by atoms with E-state index in [2.05, 4.69) is 5.32 Å². The van der Waals surface area contributed by atoms with Gasteiger partial charge in [0.15, 0.2) is 0 Å². The maximum absolute atomic E-state index is 12.3. The molecule has 23 heavy (non-hydrogen) atoms. The van der Waals surface area contributed by atoms with Crippen LogP contribution in [-0.2, 0) is 10.3 Å². The van der Waals surface area contributed by atoms with Crippen molar-refractivity contribution in [3.63, 3.8) is 0 Å². The molecular weight excluding hydrogens is 288 g/mol. The number of hydrogen-bond donors (Lipinski definition) is 1. The normalized spacial score (nSPS) is 12.9. The van der Waals surface area contributed by atoms with Crippen molar-refractivity contribution in [3.8, 4) is 6.07 Å². The predicted molar refractivity (Wildman–Crippen MR) is 88.9 cm³/mol. The van der Waals surface area contributed by atoms with Gasteiger partial charge in [0, 0.05) is 12.7 Å². The first-order chi connectivity index (χ1) is 11.1. The van der Waals surface area contributed by atoms with E-state index in [4.69, 9.17) is 10.00 Å². The molecule has 4 nitrogen and oxygen atoms in total. The van der Waals surface area contributed by atoms with Crippen LogP contribution in [0.2, 0.25) is 0 Å². The SMILES string of the molecule is CCC(CNC(=O)c1cccc(C#N)c1)(OC)c1ccccc1. The summed E-state index contributed by atoms with van der Waals surface area (Å²) >= 11 is 0. The average molecular weight is 308 g/mol. The third-order valence-electron chi connectivity index (χ3n) is 4.05. The van der Waals surface area contributed by atoms with Crippen LogP contribution in [0.4, 0.5) is 0 Å². The molecule has 0 aliphatic heterocycles. The zero-order valence-electron chi connectivity index (χ0n) is 13.4. The van der Waals surface area contributed by atoms with Gasteiger partial charge in [-0.2, -0.15) is 5.26 Å². The van der Waals surface area contributed by atoms with Gasteiger partial charge in [-0.15, -0.1) is 0 Å². The third-order valence-corrected chi connectivity index (χ3v) is 4.05. The van der Waals surface area contributed by atoms with E-state index in [0.29, 0.717) is 17.7 Å². The number of nitrogens with one attached hydrogen (secondary N) is 1. The second-order valence-electron chi connectivity index (χ2n) is 5.29. The van der Waals surface area contributed by atoms with Crippen molar-refractivity contribution in [2.45, 2.75) is 18.9 Å². The van der Waals surface area contributed by atoms with Crippen LogP contribution in [-0.4, -0.2) is 19.6 Å². The Morgan fingerprint density at radius 2 is 1.96 bits per heavy atom. The summed E-state index contributed by atoms with van der Waals surface area (Å²) < 4.78 is 5.74. The molecule has 0 spiro atoms. The highest BCUT2D eigenvalue weighted by Gasteiger charge is 2.30. The number of methoxy groups -OCH3 is 1. The molecule has 0 aliphatic rings. The third kappa shape index (κ3) is 3.77. The number of benzene rings is 2. The molecule has 0 aromatic heterocycles. The van der Waals surface area contributed by atoms with Gasteiger partial charge in [0.1, 0.15) is 5.60 Å². The van der Waals surface area contributed by atoms with Crippen molar-refractivity contribution in [2.75, 3.05) is 13.7 Å². The minimum Gasteiger partial charge on any atom is -0.372 e. The maximum atomic E-state index is 12.3. The van der Waals surface area contributed by atoms with Crippen molar-refractivity contribution < 1.29 is 9.53 Å². The van der Waals surface area contributed by atoms with E-state index in [9.17, 15) is 4.79 Å². The molecule has 0 fully saturated rings. The molecule has 118 valence electrons. The Balaban J connectivity index is 2.16.